The second-order valence-electron chi connectivity index (χ2n) is 3.26. The molecule has 0 saturated heterocycles. The summed E-state index contributed by atoms with van der Waals surface area (Å²) in [5, 5.41) is 10.2. The maximum atomic E-state index is 10.2. The molecule has 0 amide bonds. The van der Waals surface area contributed by atoms with Gasteiger partial charge in [-0.05, 0) is 25.0 Å². The SMILES string of the molecule is O=C([O-])CCCn1cnc2ncccc21.[Na+]. The van der Waals surface area contributed by atoms with E-state index < -0.39 is 5.97 Å². The fraction of sp³-hybridized carbons (Fsp3) is 0.300. The molecule has 0 bridgehead atoms. The molecule has 78 valence electrons. The molecule has 2 aromatic heterocycles. The van der Waals surface area contributed by atoms with Gasteiger partial charge in [-0.2, -0.15) is 0 Å². The van der Waals surface area contributed by atoms with Crippen LogP contribution in [0.1, 0.15) is 12.8 Å². The molecule has 0 radical (unpaired) electrons. The molecule has 16 heavy (non-hydrogen) atoms. The summed E-state index contributed by atoms with van der Waals surface area (Å²) in [7, 11) is 0. The van der Waals surface area contributed by atoms with Crippen LogP contribution in [0.15, 0.2) is 24.7 Å². The third-order valence-electron chi connectivity index (χ3n) is 2.17. The van der Waals surface area contributed by atoms with E-state index in [1.807, 2.05) is 16.7 Å². The molecule has 0 aliphatic carbocycles. The third kappa shape index (κ3) is 3.04. The van der Waals surface area contributed by atoms with Crippen LogP contribution >= 0.6 is 0 Å². The first kappa shape index (κ1) is 13.2. The number of imidazole rings is 1. The summed E-state index contributed by atoms with van der Waals surface area (Å²) in [6.07, 6.45) is 3.97. The molecule has 0 aliphatic rings. The third-order valence-corrected chi connectivity index (χ3v) is 2.17. The van der Waals surface area contributed by atoms with Crippen molar-refractivity contribution in [2.24, 2.45) is 0 Å². The standard InChI is InChI=1S/C10H11N3O2.Na/c14-9(15)4-2-6-13-7-12-10-8(13)3-1-5-11-10;/h1,3,5,7H,2,4,6H2,(H,14,15);/q;+1/p-1. The van der Waals surface area contributed by atoms with E-state index in [0.717, 1.165) is 5.52 Å². The van der Waals surface area contributed by atoms with Crippen molar-refractivity contribution in [3.63, 3.8) is 0 Å². The van der Waals surface area contributed by atoms with Gasteiger partial charge in [-0.25, -0.2) is 9.97 Å². The van der Waals surface area contributed by atoms with Crippen LogP contribution in [0.4, 0.5) is 0 Å². The normalized spacial score (nSPS) is 10.0. The van der Waals surface area contributed by atoms with Gasteiger partial charge in [-0.3, -0.25) is 0 Å². The molecule has 6 heteroatoms. The minimum Gasteiger partial charge on any atom is -0.550 e. The minimum atomic E-state index is -1.02. The molecule has 0 spiro atoms. The van der Waals surface area contributed by atoms with Gasteiger partial charge in [0.25, 0.3) is 0 Å². The molecule has 2 rings (SSSR count). The molecule has 0 saturated carbocycles. The maximum absolute atomic E-state index is 10.2. The molecule has 0 aromatic carbocycles. The average Bonchev–Trinajstić information content (AvgIpc) is 2.62. The number of pyridine rings is 1. The molecular weight excluding hydrogens is 217 g/mol. The Bertz CT molecular complexity index is 484. The van der Waals surface area contributed by atoms with Crippen LogP contribution in [0.5, 0.6) is 0 Å². The number of nitrogens with zero attached hydrogens (tertiary/aromatic N) is 3. The minimum absolute atomic E-state index is 0. The van der Waals surface area contributed by atoms with Crippen molar-refractivity contribution in [3.8, 4) is 0 Å². The van der Waals surface area contributed by atoms with E-state index in [9.17, 15) is 9.90 Å². The molecular formula is C10H10N3NaO2. The first-order chi connectivity index (χ1) is 7.27. The largest absolute Gasteiger partial charge is 1.00 e. The quantitative estimate of drug-likeness (QED) is 0.521. The zero-order chi connectivity index (χ0) is 10.7. The van der Waals surface area contributed by atoms with Gasteiger partial charge in [-0.15, -0.1) is 0 Å². The fourth-order valence-electron chi connectivity index (χ4n) is 1.47. The molecule has 0 fully saturated rings. The Labute approximate surface area is 115 Å². The molecule has 0 aliphatic heterocycles. The first-order valence-electron chi connectivity index (χ1n) is 4.73. The molecule has 2 heterocycles. The van der Waals surface area contributed by atoms with Crippen molar-refractivity contribution in [2.75, 3.05) is 0 Å². The number of hydrogen-bond donors (Lipinski definition) is 0. The van der Waals surface area contributed by atoms with Crippen LogP contribution in [0, 0.1) is 0 Å². The summed E-state index contributed by atoms with van der Waals surface area (Å²) >= 11 is 0. The van der Waals surface area contributed by atoms with Crippen molar-refractivity contribution >= 4 is 17.1 Å². The van der Waals surface area contributed by atoms with Gasteiger partial charge in [0.15, 0.2) is 5.65 Å². The number of rotatable bonds is 4. The van der Waals surface area contributed by atoms with Gasteiger partial charge in [-0.1, -0.05) is 0 Å². The Morgan fingerprint density at radius 2 is 2.25 bits per heavy atom. The summed E-state index contributed by atoms with van der Waals surface area (Å²) in [4.78, 5) is 18.4. The monoisotopic (exact) mass is 227 g/mol. The smallest absolute Gasteiger partial charge is 0.550 e. The zero-order valence-corrected chi connectivity index (χ0v) is 11.1. The van der Waals surface area contributed by atoms with E-state index in [1.165, 1.54) is 0 Å². The summed E-state index contributed by atoms with van der Waals surface area (Å²) in [5.41, 5.74) is 1.61. The van der Waals surface area contributed by atoms with Crippen LogP contribution < -0.4 is 34.7 Å². The van der Waals surface area contributed by atoms with E-state index in [-0.39, 0.29) is 36.0 Å². The number of carboxylic acid groups (broad SMARTS) is 1. The van der Waals surface area contributed by atoms with Crippen molar-refractivity contribution in [2.45, 2.75) is 19.4 Å². The van der Waals surface area contributed by atoms with Crippen LogP contribution in [0.25, 0.3) is 11.2 Å². The number of aryl methyl sites for hydroxylation is 1. The predicted octanol–water partition coefficient (Wildman–Crippen LogP) is -3.03. The van der Waals surface area contributed by atoms with E-state index in [1.54, 1.807) is 12.5 Å². The predicted molar refractivity (Wildman–Crippen MR) is 51.8 cm³/mol. The zero-order valence-electron chi connectivity index (χ0n) is 9.09. The number of carbonyl (C=O) groups excluding carboxylic acids is 1. The summed E-state index contributed by atoms with van der Waals surface area (Å²) in [5.74, 6) is -1.02. The van der Waals surface area contributed by atoms with E-state index in [0.29, 0.717) is 18.6 Å². The molecule has 2 aromatic rings. The number of carboxylic acids is 1. The number of fused-ring (bicyclic) bond motifs is 1. The number of hydrogen-bond acceptors (Lipinski definition) is 4. The van der Waals surface area contributed by atoms with Crippen LogP contribution in [-0.4, -0.2) is 20.5 Å². The van der Waals surface area contributed by atoms with Crippen molar-refractivity contribution < 1.29 is 39.5 Å². The number of carbonyl (C=O) groups is 1. The Morgan fingerprint density at radius 3 is 3.00 bits per heavy atom. The van der Waals surface area contributed by atoms with Crippen molar-refractivity contribution in [1.82, 2.24) is 14.5 Å². The van der Waals surface area contributed by atoms with Gasteiger partial charge in [0.2, 0.25) is 0 Å². The summed E-state index contributed by atoms with van der Waals surface area (Å²) < 4.78 is 1.89. The average molecular weight is 227 g/mol. The Morgan fingerprint density at radius 1 is 1.44 bits per heavy atom. The number of aromatic nitrogens is 3. The second kappa shape index (κ2) is 5.98. The Kier molecular flexibility index (Phi) is 4.92. The number of aliphatic carboxylic acids is 1. The molecule has 0 N–H and O–H groups in total. The van der Waals surface area contributed by atoms with Crippen molar-refractivity contribution in [3.05, 3.63) is 24.7 Å². The molecule has 0 atom stereocenters. The van der Waals surface area contributed by atoms with E-state index in [2.05, 4.69) is 9.97 Å². The van der Waals surface area contributed by atoms with Gasteiger partial charge in [0.05, 0.1) is 11.8 Å². The molecule has 5 nitrogen and oxygen atoms in total. The van der Waals surface area contributed by atoms with Gasteiger partial charge in [0, 0.05) is 18.7 Å². The van der Waals surface area contributed by atoms with E-state index >= 15 is 0 Å². The Balaban J connectivity index is 0.00000128. The fourth-order valence-corrected chi connectivity index (χ4v) is 1.47. The summed E-state index contributed by atoms with van der Waals surface area (Å²) in [6, 6.07) is 3.74. The van der Waals surface area contributed by atoms with Gasteiger partial charge >= 0.3 is 29.6 Å². The first-order valence-corrected chi connectivity index (χ1v) is 4.73. The second-order valence-corrected chi connectivity index (χ2v) is 3.26. The Hall–Kier alpha value is -0.910. The van der Waals surface area contributed by atoms with Crippen LogP contribution in [-0.2, 0) is 11.3 Å². The topological polar surface area (TPSA) is 70.8 Å². The van der Waals surface area contributed by atoms with Crippen molar-refractivity contribution in [1.29, 1.82) is 0 Å². The maximum Gasteiger partial charge on any atom is 1.00 e. The summed E-state index contributed by atoms with van der Waals surface area (Å²) in [6.45, 7) is 0.621. The van der Waals surface area contributed by atoms with Gasteiger partial charge in [0.1, 0.15) is 0 Å². The van der Waals surface area contributed by atoms with Crippen LogP contribution in [0.3, 0.4) is 0 Å². The van der Waals surface area contributed by atoms with Gasteiger partial charge < -0.3 is 14.5 Å². The van der Waals surface area contributed by atoms with Crippen LogP contribution in [0.2, 0.25) is 0 Å². The molecule has 0 unspecified atom stereocenters. The van der Waals surface area contributed by atoms with E-state index in [4.69, 9.17) is 0 Å².